The van der Waals surface area contributed by atoms with E-state index in [4.69, 9.17) is 0 Å². The third-order valence-corrected chi connectivity index (χ3v) is 3.39. The minimum atomic E-state index is -4.56. The summed E-state index contributed by atoms with van der Waals surface area (Å²) in [4.78, 5) is 11.8. The molecule has 21 heavy (non-hydrogen) atoms. The summed E-state index contributed by atoms with van der Waals surface area (Å²) in [6.07, 6.45) is -2.98. The maximum Gasteiger partial charge on any atom is 0.432 e. The van der Waals surface area contributed by atoms with Crippen LogP contribution in [0.3, 0.4) is 0 Å². The Bertz CT molecular complexity index is 649. The van der Waals surface area contributed by atoms with E-state index in [0.717, 1.165) is 5.69 Å². The molecule has 2 N–H and O–H groups in total. The number of nitrogens with one attached hydrogen (secondary N) is 2. The van der Waals surface area contributed by atoms with Gasteiger partial charge in [0.05, 0.1) is 22.9 Å². The van der Waals surface area contributed by atoms with Gasteiger partial charge in [0, 0.05) is 12.6 Å². The largest absolute Gasteiger partial charge is 0.432 e. The third-order valence-electron chi connectivity index (χ3n) is 2.73. The van der Waals surface area contributed by atoms with E-state index in [1.165, 1.54) is 0 Å². The van der Waals surface area contributed by atoms with Crippen LogP contribution in [0, 0.1) is 0 Å². The normalized spacial score (nSPS) is 11.7. The van der Waals surface area contributed by atoms with Gasteiger partial charge in [0.2, 0.25) is 0 Å². The molecule has 2 aromatic rings. The molecule has 0 aliphatic rings. The number of nitrogens with zero attached hydrogens (tertiary/aromatic N) is 3. The van der Waals surface area contributed by atoms with Gasteiger partial charge in [-0.25, -0.2) is 0 Å². The summed E-state index contributed by atoms with van der Waals surface area (Å²) >= 11 is 3.29. The second-order valence-electron chi connectivity index (χ2n) is 4.10. The molecule has 10 heteroatoms. The summed E-state index contributed by atoms with van der Waals surface area (Å²) < 4.78 is 39.6. The van der Waals surface area contributed by atoms with Crippen LogP contribution < -0.4 is 5.32 Å². The Labute approximate surface area is 125 Å². The number of carbonyl (C=O) groups excluding carboxylic acids is 1. The van der Waals surface area contributed by atoms with Crippen LogP contribution in [0.5, 0.6) is 0 Å². The lowest BCUT2D eigenvalue weighted by Gasteiger charge is -2.06. The maximum absolute atomic E-state index is 12.4. The Morgan fingerprint density at radius 3 is 2.81 bits per heavy atom. The van der Waals surface area contributed by atoms with Crippen LogP contribution in [-0.2, 0) is 19.3 Å². The van der Waals surface area contributed by atoms with Crippen molar-refractivity contribution in [3.8, 4) is 0 Å². The predicted octanol–water partition coefficient (Wildman–Crippen LogP) is 2.34. The number of alkyl halides is 3. The molecule has 0 radical (unpaired) electrons. The van der Waals surface area contributed by atoms with Crippen molar-refractivity contribution in [1.29, 1.82) is 0 Å². The highest BCUT2D eigenvalue weighted by Gasteiger charge is 2.33. The molecule has 0 bridgehead atoms. The van der Waals surface area contributed by atoms with Gasteiger partial charge in [-0.1, -0.05) is 0 Å². The number of carbonyl (C=O) groups is 1. The summed E-state index contributed by atoms with van der Waals surface area (Å²) in [6, 6.07) is 0.668. The van der Waals surface area contributed by atoms with Crippen LogP contribution >= 0.6 is 15.9 Å². The van der Waals surface area contributed by atoms with E-state index in [0.29, 0.717) is 17.1 Å². The van der Waals surface area contributed by atoms with E-state index in [1.807, 2.05) is 6.92 Å². The lowest BCUT2D eigenvalue weighted by Crippen LogP contribution is -2.25. The molecule has 0 fully saturated rings. The van der Waals surface area contributed by atoms with E-state index >= 15 is 0 Å². The molecule has 0 aromatic carbocycles. The summed E-state index contributed by atoms with van der Waals surface area (Å²) in [5, 5.41) is 11.7. The Hall–Kier alpha value is -1.84. The number of amides is 1. The molecule has 0 atom stereocenters. The smallest absolute Gasteiger partial charge is 0.345 e. The average Bonchev–Trinajstić information content (AvgIpc) is 3.02. The number of H-pyrrole nitrogens is 1. The zero-order valence-corrected chi connectivity index (χ0v) is 12.4. The number of halogens is 4. The first-order valence-electron chi connectivity index (χ1n) is 5.94. The zero-order chi connectivity index (χ0) is 15.6. The van der Waals surface area contributed by atoms with Crippen LogP contribution in [0.4, 0.5) is 13.2 Å². The molecule has 1 amide bonds. The highest BCUT2D eigenvalue weighted by atomic mass is 79.9. The monoisotopic (exact) mass is 365 g/mol. The van der Waals surface area contributed by atoms with Gasteiger partial charge >= 0.3 is 6.18 Å². The molecule has 0 aliphatic carbocycles. The van der Waals surface area contributed by atoms with Crippen LogP contribution in [-0.4, -0.2) is 25.9 Å². The molecule has 2 aromatic heterocycles. The molecule has 6 nitrogen and oxygen atoms in total. The van der Waals surface area contributed by atoms with Crippen molar-refractivity contribution in [3.63, 3.8) is 0 Å². The highest BCUT2D eigenvalue weighted by molar-refractivity contribution is 9.10. The van der Waals surface area contributed by atoms with Gasteiger partial charge in [-0.05, 0) is 22.9 Å². The summed E-state index contributed by atoms with van der Waals surface area (Å²) in [5.41, 5.74) is -0.661. The van der Waals surface area contributed by atoms with Gasteiger partial charge in [-0.3, -0.25) is 14.6 Å². The Balaban J connectivity index is 2.05. The van der Waals surface area contributed by atoms with Crippen LogP contribution in [0.2, 0.25) is 0 Å². The standard InChI is InChI=1S/C11H11BrF3N5O/c1-2-20-8(6(12)4-17-20)5-16-10(21)7-3-9(19-18-7)11(13,14)15/h3-4H,2,5H2,1H3,(H,16,21)(H,18,19). The SMILES string of the molecule is CCn1ncc(Br)c1CNC(=O)c1cc(C(F)(F)F)[nH]n1. The molecule has 0 aliphatic heterocycles. The topological polar surface area (TPSA) is 75.6 Å². The van der Waals surface area contributed by atoms with Crippen molar-refractivity contribution in [2.45, 2.75) is 26.2 Å². The molecule has 2 heterocycles. The van der Waals surface area contributed by atoms with E-state index in [2.05, 4.69) is 31.4 Å². The molecule has 0 saturated carbocycles. The molecular weight excluding hydrogens is 355 g/mol. The van der Waals surface area contributed by atoms with Crippen molar-refractivity contribution in [2.75, 3.05) is 0 Å². The van der Waals surface area contributed by atoms with Gasteiger partial charge in [0.25, 0.3) is 5.91 Å². The fourth-order valence-corrected chi connectivity index (χ4v) is 2.11. The second-order valence-corrected chi connectivity index (χ2v) is 4.96. The zero-order valence-electron chi connectivity index (χ0n) is 10.8. The van der Waals surface area contributed by atoms with Crippen molar-refractivity contribution in [2.24, 2.45) is 0 Å². The van der Waals surface area contributed by atoms with Crippen molar-refractivity contribution in [1.82, 2.24) is 25.3 Å². The summed E-state index contributed by atoms with van der Waals surface area (Å²) in [5.74, 6) is -0.697. The van der Waals surface area contributed by atoms with Crippen LogP contribution in [0.25, 0.3) is 0 Å². The molecule has 114 valence electrons. The molecule has 0 saturated heterocycles. The first kappa shape index (κ1) is 15.5. The highest BCUT2D eigenvalue weighted by Crippen LogP contribution is 2.27. The quantitative estimate of drug-likeness (QED) is 0.872. The van der Waals surface area contributed by atoms with Crippen LogP contribution in [0.1, 0.15) is 28.8 Å². The number of aromatic amines is 1. The van der Waals surface area contributed by atoms with E-state index in [1.54, 1.807) is 16.0 Å². The Morgan fingerprint density at radius 2 is 2.24 bits per heavy atom. The summed E-state index contributed by atoms with van der Waals surface area (Å²) in [6.45, 7) is 2.62. The maximum atomic E-state index is 12.4. The lowest BCUT2D eigenvalue weighted by atomic mass is 10.3. The fourth-order valence-electron chi connectivity index (χ4n) is 1.67. The number of hydrogen-bond donors (Lipinski definition) is 2. The molecule has 0 spiro atoms. The van der Waals surface area contributed by atoms with Gasteiger partial charge in [0.1, 0.15) is 5.69 Å². The van der Waals surface area contributed by atoms with E-state index in [9.17, 15) is 18.0 Å². The molecule has 0 unspecified atom stereocenters. The second kappa shape index (κ2) is 5.88. The van der Waals surface area contributed by atoms with Gasteiger partial charge in [-0.15, -0.1) is 0 Å². The lowest BCUT2D eigenvalue weighted by molar-refractivity contribution is -0.141. The fraction of sp³-hybridized carbons (Fsp3) is 0.364. The van der Waals surface area contributed by atoms with Crippen molar-refractivity contribution in [3.05, 3.63) is 33.8 Å². The minimum Gasteiger partial charge on any atom is -0.345 e. The van der Waals surface area contributed by atoms with Gasteiger partial charge < -0.3 is 5.32 Å². The van der Waals surface area contributed by atoms with Crippen molar-refractivity contribution < 1.29 is 18.0 Å². The first-order valence-corrected chi connectivity index (χ1v) is 6.73. The van der Waals surface area contributed by atoms with E-state index < -0.39 is 17.8 Å². The number of aromatic nitrogens is 4. The predicted molar refractivity (Wildman–Crippen MR) is 70.4 cm³/mol. The Morgan fingerprint density at radius 1 is 1.52 bits per heavy atom. The first-order chi connectivity index (χ1) is 9.82. The average molecular weight is 366 g/mol. The summed E-state index contributed by atoms with van der Waals surface area (Å²) in [7, 11) is 0. The van der Waals surface area contributed by atoms with Crippen molar-refractivity contribution >= 4 is 21.8 Å². The molecule has 2 rings (SSSR count). The van der Waals surface area contributed by atoms with E-state index in [-0.39, 0.29) is 12.2 Å². The Kier molecular flexibility index (Phi) is 4.35. The number of hydrogen-bond acceptors (Lipinski definition) is 3. The van der Waals surface area contributed by atoms with Gasteiger partial charge in [-0.2, -0.15) is 23.4 Å². The number of aryl methyl sites for hydroxylation is 1. The minimum absolute atomic E-state index is 0.126. The van der Waals surface area contributed by atoms with Crippen LogP contribution in [0.15, 0.2) is 16.7 Å². The molecular formula is C11H11BrF3N5O. The van der Waals surface area contributed by atoms with Gasteiger partial charge in [0.15, 0.2) is 5.69 Å². The third kappa shape index (κ3) is 3.43. The number of rotatable bonds is 4.